The lowest BCUT2D eigenvalue weighted by Crippen LogP contribution is -2.05. The minimum Gasteiger partial charge on any atom is -0.398 e. The van der Waals surface area contributed by atoms with E-state index < -0.39 is 0 Å². The molecule has 0 radical (unpaired) electrons. The van der Waals surface area contributed by atoms with Gasteiger partial charge in [0.25, 0.3) is 0 Å². The van der Waals surface area contributed by atoms with Gasteiger partial charge in [-0.05, 0) is 41.5 Å². The Morgan fingerprint density at radius 3 is 2.95 bits per heavy atom. The van der Waals surface area contributed by atoms with Gasteiger partial charge in [0.05, 0.1) is 0 Å². The van der Waals surface area contributed by atoms with Crippen molar-refractivity contribution in [3.8, 4) is 11.4 Å². The van der Waals surface area contributed by atoms with Gasteiger partial charge in [-0.1, -0.05) is 11.6 Å². The lowest BCUT2D eigenvalue weighted by molar-refractivity contribution is 0.191. The quantitative estimate of drug-likeness (QED) is 0.647. The minimum absolute atomic E-state index is 0.570. The molecular weight excluding hydrogens is 266 g/mol. The van der Waals surface area contributed by atoms with Crippen molar-refractivity contribution in [2.75, 3.05) is 19.5 Å². The van der Waals surface area contributed by atoms with Gasteiger partial charge in [-0.15, -0.1) is 5.10 Å². The number of nitrogen functional groups attached to an aromatic ring is 1. The zero-order valence-corrected chi connectivity index (χ0v) is 11.5. The third-order valence-electron chi connectivity index (χ3n) is 2.75. The standard InChI is InChI=1S/C12H16ClN5O/c1-19-7-3-2-6-18-12(15-16-17-18)10-5-4-9(13)8-11(10)14/h4-5,8H,2-3,6-7,14H2,1H3. The van der Waals surface area contributed by atoms with E-state index in [0.29, 0.717) is 16.5 Å². The minimum atomic E-state index is 0.570. The molecule has 0 saturated heterocycles. The number of unbranched alkanes of at least 4 members (excludes halogenated alkanes) is 1. The summed E-state index contributed by atoms with van der Waals surface area (Å²) in [6, 6.07) is 5.30. The SMILES string of the molecule is COCCCCn1nnnc1-c1ccc(Cl)cc1N. The van der Waals surface area contributed by atoms with Crippen molar-refractivity contribution in [3.63, 3.8) is 0 Å². The van der Waals surface area contributed by atoms with Crippen LogP contribution in [0.4, 0.5) is 5.69 Å². The Morgan fingerprint density at radius 2 is 2.21 bits per heavy atom. The van der Waals surface area contributed by atoms with E-state index in [1.54, 1.807) is 23.9 Å². The summed E-state index contributed by atoms with van der Waals surface area (Å²) in [5.74, 6) is 0.659. The zero-order valence-electron chi connectivity index (χ0n) is 10.7. The predicted octanol–water partition coefficient (Wildman–Crippen LogP) is 2.00. The van der Waals surface area contributed by atoms with E-state index in [1.807, 2.05) is 6.07 Å². The maximum absolute atomic E-state index is 5.94. The zero-order chi connectivity index (χ0) is 13.7. The molecule has 0 unspecified atom stereocenters. The third-order valence-corrected chi connectivity index (χ3v) is 2.99. The second kappa shape index (κ2) is 6.49. The average molecular weight is 282 g/mol. The summed E-state index contributed by atoms with van der Waals surface area (Å²) in [5.41, 5.74) is 7.31. The number of aromatic nitrogens is 4. The van der Waals surface area contributed by atoms with Crippen molar-refractivity contribution < 1.29 is 4.74 Å². The number of aryl methyl sites for hydroxylation is 1. The summed E-state index contributed by atoms with van der Waals surface area (Å²) in [7, 11) is 1.69. The van der Waals surface area contributed by atoms with Crippen LogP contribution in [0.1, 0.15) is 12.8 Å². The Morgan fingerprint density at radius 1 is 1.37 bits per heavy atom. The van der Waals surface area contributed by atoms with Gasteiger partial charge in [-0.25, -0.2) is 4.68 Å². The van der Waals surface area contributed by atoms with Crippen molar-refractivity contribution in [3.05, 3.63) is 23.2 Å². The molecule has 19 heavy (non-hydrogen) atoms. The first kappa shape index (κ1) is 13.8. The van der Waals surface area contributed by atoms with Gasteiger partial charge in [0.1, 0.15) is 0 Å². The first-order valence-corrected chi connectivity index (χ1v) is 6.40. The summed E-state index contributed by atoms with van der Waals surface area (Å²) >= 11 is 5.88. The van der Waals surface area contributed by atoms with Gasteiger partial charge in [0.2, 0.25) is 0 Å². The van der Waals surface area contributed by atoms with E-state index in [9.17, 15) is 0 Å². The number of anilines is 1. The van der Waals surface area contributed by atoms with Crippen LogP contribution in [0.2, 0.25) is 5.02 Å². The van der Waals surface area contributed by atoms with E-state index in [-0.39, 0.29) is 0 Å². The van der Waals surface area contributed by atoms with Crippen LogP contribution in [0.15, 0.2) is 18.2 Å². The molecule has 0 spiro atoms. The lowest BCUT2D eigenvalue weighted by Gasteiger charge is -2.07. The molecule has 2 N–H and O–H groups in total. The van der Waals surface area contributed by atoms with Crippen LogP contribution in [0.3, 0.4) is 0 Å². The molecule has 2 rings (SSSR count). The third kappa shape index (κ3) is 3.42. The largest absolute Gasteiger partial charge is 0.398 e. The number of hydrogen-bond acceptors (Lipinski definition) is 5. The number of halogens is 1. The van der Waals surface area contributed by atoms with Crippen LogP contribution in [-0.2, 0) is 11.3 Å². The second-order valence-corrected chi connectivity index (χ2v) is 4.59. The molecular formula is C12H16ClN5O. The van der Waals surface area contributed by atoms with Gasteiger partial charge in [-0.2, -0.15) is 0 Å². The smallest absolute Gasteiger partial charge is 0.184 e. The number of rotatable bonds is 6. The summed E-state index contributed by atoms with van der Waals surface area (Å²) < 4.78 is 6.76. The average Bonchev–Trinajstić information content (AvgIpc) is 2.83. The summed E-state index contributed by atoms with van der Waals surface area (Å²) in [4.78, 5) is 0. The highest BCUT2D eigenvalue weighted by Gasteiger charge is 2.11. The maximum atomic E-state index is 5.94. The molecule has 0 atom stereocenters. The van der Waals surface area contributed by atoms with Crippen LogP contribution in [0, 0.1) is 0 Å². The van der Waals surface area contributed by atoms with Crippen LogP contribution >= 0.6 is 11.6 Å². The summed E-state index contributed by atoms with van der Waals surface area (Å²) in [5, 5.41) is 12.3. The summed E-state index contributed by atoms with van der Waals surface area (Å²) in [6.07, 6.45) is 1.91. The molecule has 0 fully saturated rings. The molecule has 0 bridgehead atoms. The Balaban J connectivity index is 2.14. The highest BCUT2D eigenvalue weighted by molar-refractivity contribution is 6.31. The molecule has 0 aliphatic rings. The van der Waals surface area contributed by atoms with Crippen LogP contribution in [-0.4, -0.2) is 33.9 Å². The monoisotopic (exact) mass is 281 g/mol. The number of nitrogens with zero attached hydrogens (tertiary/aromatic N) is 4. The highest BCUT2D eigenvalue weighted by Crippen LogP contribution is 2.26. The van der Waals surface area contributed by atoms with E-state index in [4.69, 9.17) is 22.1 Å². The van der Waals surface area contributed by atoms with Crippen molar-refractivity contribution in [1.29, 1.82) is 0 Å². The lowest BCUT2D eigenvalue weighted by atomic mass is 10.1. The summed E-state index contributed by atoms with van der Waals surface area (Å²) in [6.45, 7) is 1.47. The fourth-order valence-electron chi connectivity index (χ4n) is 1.79. The Labute approximate surface area is 116 Å². The van der Waals surface area contributed by atoms with Crippen molar-refractivity contribution >= 4 is 17.3 Å². The van der Waals surface area contributed by atoms with Crippen molar-refractivity contribution in [1.82, 2.24) is 20.2 Å². The molecule has 6 nitrogen and oxygen atoms in total. The molecule has 1 heterocycles. The molecule has 2 aromatic rings. The van der Waals surface area contributed by atoms with E-state index in [0.717, 1.165) is 31.6 Å². The van der Waals surface area contributed by atoms with Gasteiger partial charge in [-0.3, -0.25) is 0 Å². The predicted molar refractivity (Wildman–Crippen MR) is 73.8 cm³/mol. The van der Waals surface area contributed by atoms with E-state index >= 15 is 0 Å². The van der Waals surface area contributed by atoms with Crippen LogP contribution < -0.4 is 5.73 Å². The normalized spacial score (nSPS) is 10.8. The Bertz CT molecular complexity index is 543. The number of benzene rings is 1. The Kier molecular flexibility index (Phi) is 4.70. The number of ether oxygens (including phenoxy) is 1. The molecule has 0 saturated carbocycles. The number of tetrazole rings is 1. The molecule has 0 amide bonds. The fraction of sp³-hybridized carbons (Fsp3) is 0.417. The van der Waals surface area contributed by atoms with Gasteiger partial charge in [0, 0.05) is 36.5 Å². The number of methoxy groups -OCH3 is 1. The molecule has 1 aromatic heterocycles. The second-order valence-electron chi connectivity index (χ2n) is 4.16. The Hall–Kier alpha value is -1.66. The van der Waals surface area contributed by atoms with Crippen LogP contribution in [0.5, 0.6) is 0 Å². The molecule has 0 aliphatic heterocycles. The van der Waals surface area contributed by atoms with E-state index in [1.165, 1.54) is 0 Å². The van der Waals surface area contributed by atoms with Gasteiger partial charge >= 0.3 is 0 Å². The topological polar surface area (TPSA) is 78.8 Å². The van der Waals surface area contributed by atoms with Gasteiger partial charge in [0.15, 0.2) is 5.82 Å². The van der Waals surface area contributed by atoms with Crippen molar-refractivity contribution in [2.24, 2.45) is 0 Å². The number of nitrogens with two attached hydrogens (primary N) is 1. The number of hydrogen-bond donors (Lipinski definition) is 1. The fourth-order valence-corrected chi connectivity index (χ4v) is 1.97. The van der Waals surface area contributed by atoms with Crippen LogP contribution in [0.25, 0.3) is 11.4 Å². The molecule has 0 aliphatic carbocycles. The first-order valence-electron chi connectivity index (χ1n) is 6.03. The van der Waals surface area contributed by atoms with Gasteiger partial charge < -0.3 is 10.5 Å². The molecule has 1 aromatic carbocycles. The first-order chi connectivity index (χ1) is 9.22. The van der Waals surface area contributed by atoms with Crippen molar-refractivity contribution in [2.45, 2.75) is 19.4 Å². The highest BCUT2D eigenvalue weighted by atomic mass is 35.5. The molecule has 7 heteroatoms. The maximum Gasteiger partial charge on any atom is 0.184 e. The van der Waals surface area contributed by atoms with E-state index in [2.05, 4.69) is 15.5 Å². The molecule has 102 valence electrons.